The van der Waals surface area contributed by atoms with Gasteiger partial charge in [0.15, 0.2) is 0 Å². The van der Waals surface area contributed by atoms with Gasteiger partial charge in [-0.2, -0.15) is 0 Å². The Kier molecular flexibility index (Phi) is 19.5. The quantitative estimate of drug-likeness (QED) is 0.0379. The fourth-order valence-electron chi connectivity index (χ4n) is 7.20. The number of aromatic nitrogens is 1. The molecule has 1 aliphatic rings. The van der Waals surface area contributed by atoms with Crippen LogP contribution in [0.3, 0.4) is 0 Å². The van der Waals surface area contributed by atoms with E-state index >= 15 is 0 Å². The molecule has 10 amide bonds. The Bertz CT molecular complexity index is 2320. The molecule has 1 aromatic heterocycles. The lowest BCUT2D eigenvalue weighted by molar-refractivity contribution is -0.138. The molecule has 68 heavy (non-hydrogen) atoms. The SMILES string of the molecule is CC(C)[C@H](NC(=O)[C@@H]1CCC(=O)N1)C(=O)N[C@@H](CC(N)=O)C(=O)N[C@@H](Cc1ccccc1)C(=O)N[C@@H](CO)C(=O)N[C@H](C(=O)N[C@@H](CO)C(=O)N[C@@H](Cc1c[nH]c2ccccc12)C(N)=O)[C@@H](C)O. The largest absolute Gasteiger partial charge is 0.394 e. The van der Waals surface area contributed by atoms with Crippen molar-refractivity contribution in [2.75, 3.05) is 13.2 Å². The van der Waals surface area contributed by atoms with Gasteiger partial charge in [-0.1, -0.05) is 62.4 Å². The molecule has 0 aliphatic carbocycles. The van der Waals surface area contributed by atoms with E-state index in [2.05, 4.69) is 47.5 Å². The summed E-state index contributed by atoms with van der Waals surface area (Å²) in [5, 5.41) is 50.5. The maximum absolute atomic E-state index is 13.9. The predicted molar refractivity (Wildman–Crippen MR) is 241 cm³/mol. The number of amides is 10. The standard InChI is InChI=1S/C44H59N11O13/c1-21(2)35(54-38(62)27-13-14-34(60)48-27)43(67)51-30(17-33(45)59)40(64)50-29(15-23-9-5-4-6-10-23)39(63)52-32(20-57)42(66)55-36(22(3)58)44(68)53-31(19-56)41(65)49-28(37(46)61)16-24-18-47-26-12-8-7-11-25(24)26/h4-12,18,21-22,27-32,35-36,47,56-58H,13-17,19-20H2,1-3H3,(H2,45,59)(H2,46,61)(H,48,60)(H,49,65)(H,50,64)(H,51,67)(H,52,63)(H,53,68)(H,54,62)(H,55,66)/t22-,27+,28+,29+,30+,31+,32+,35+,36+/m1/s1. The molecule has 1 aliphatic heterocycles. The molecule has 4 rings (SSSR count). The number of primary amides is 2. The Hall–Kier alpha value is -7.44. The highest BCUT2D eigenvalue weighted by Crippen LogP contribution is 2.19. The van der Waals surface area contributed by atoms with Gasteiger partial charge >= 0.3 is 0 Å². The van der Waals surface area contributed by atoms with Crippen molar-refractivity contribution in [3.63, 3.8) is 0 Å². The smallest absolute Gasteiger partial charge is 0.245 e. The van der Waals surface area contributed by atoms with Crippen molar-refractivity contribution in [3.8, 4) is 0 Å². The number of aliphatic hydroxyl groups is 3. The van der Waals surface area contributed by atoms with Crippen molar-refractivity contribution >= 4 is 70.0 Å². The molecule has 3 aromatic rings. The monoisotopic (exact) mass is 949 g/mol. The maximum Gasteiger partial charge on any atom is 0.245 e. The van der Waals surface area contributed by atoms with Gasteiger partial charge in [-0.25, -0.2) is 0 Å². The first-order valence-corrected chi connectivity index (χ1v) is 21.7. The number of carbonyl (C=O) groups excluding carboxylic acids is 10. The number of hydrogen-bond donors (Lipinski definition) is 14. The summed E-state index contributed by atoms with van der Waals surface area (Å²) >= 11 is 0. The van der Waals surface area contributed by atoms with Gasteiger partial charge in [0.05, 0.1) is 25.7 Å². The highest BCUT2D eigenvalue weighted by Gasteiger charge is 2.37. The van der Waals surface area contributed by atoms with Crippen LogP contribution in [0, 0.1) is 5.92 Å². The van der Waals surface area contributed by atoms with E-state index in [1.807, 2.05) is 0 Å². The molecule has 368 valence electrons. The number of carbonyl (C=O) groups is 10. The molecule has 1 saturated heterocycles. The molecular weight excluding hydrogens is 891 g/mol. The summed E-state index contributed by atoms with van der Waals surface area (Å²) in [6.07, 6.45) is -0.777. The van der Waals surface area contributed by atoms with Crippen molar-refractivity contribution in [1.29, 1.82) is 0 Å². The van der Waals surface area contributed by atoms with E-state index in [9.17, 15) is 63.3 Å². The molecular formula is C44H59N11O13. The number of para-hydroxylation sites is 1. The van der Waals surface area contributed by atoms with Crippen LogP contribution in [-0.2, 0) is 60.8 Å². The Morgan fingerprint density at radius 1 is 0.647 bits per heavy atom. The molecule has 0 bridgehead atoms. The second-order valence-corrected chi connectivity index (χ2v) is 16.6. The van der Waals surface area contributed by atoms with Gasteiger partial charge in [0.1, 0.15) is 48.3 Å². The van der Waals surface area contributed by atoms with Crippen LogP contribution in [0.5, 0.6) is 0 Å². The van der Waals surface area contributed by atoms with Gasteiger partial charge in [0, 0.05) is 36.4 Å². The summed E-state index contributed by atoms with van der Waals surface area (Å²) in [5.74, 6) is -9.97. The minimum absolute atomic E-state index is 0.0537. The van der Waals surface area contributed by atoms with E-state index < -0.39 is 133 Å². The van der Waals surface area contributed by atoms with Crippen molar-refractivity contribution in [3.05, 3.63) is 71.9 Å². The van der Waals surface area contributed by atoms with Crippen LogP contribution in [-0.4, -0.2) is 147 Å². The van der Waals surface area contributed by atoms with Crippen LogP contribution in [0.25, 0.3) is 10.9 Å². The number of fused-ring (bicyclic) bond motifs is 1. The molecule has 24 heteroatoms. The third-order valence-corrected chi connectivity index (χ3v) is 11.0. The Morgan fingerprint density at radius 3 is 1.75 bits per heavy atom. The molecule has 16 N–H and O–H groups in total. The molecule has 0 spiro atoms. The lowest BCUT2D eigenvalue weighted by Gasteiger charge is -2.28. The fourth-order valence-corrected chi connectivity index (χ4v) is 7.20. The summed E-state index contributed by atoms with van der Waals surface area (Å²) in [5.41, 5.74) is 12.9. The van der Waals surface area contributed by atoms with Crippen LogP contribution in [0.15, 0.2) is 60.8 Å². The first-order valence-electron chi connectivity index (χ1n) is 21.7. The minimum Gasteiger partial charge on any atom is -0.394 e. The van der Waals surface area contributed by atoms with Gasteiger partial charge in [0.2, 0.25) is 59.1 Å². The number of benzene rings is 2. The predicted octanol–water partition coefficient (Wildman–Crippen LogP) is -4.99. The van der Waals surface area contributed by atoms with Gasteiger partial charge in [0.25, 0.3) is 0 Å². The lowest BCUT2D eigenvalue weighted by atomic mass is 10.0. The van der Waals surface area contributed by atoms with Crippen molar-refractivity contribution in [2.45, 2.75) is 107 Å². The number of nitrogens with two attached hydrogens (primary N) is 2. The van der Waals surface area contributed by atoms with E-state index in [0.29, 0.717) is 11.1 Å². The minimum atomic E-state index is -1.86. The maximum atomic E-state index is 13.9. The number of H-pyrrole nitrogens is 1. The Morgan fingerprint density at radius 2 is 1.18 bits per heavy atom. The first-order chi connectivity index (χ1) is 32.2. The number of aliphatic hydroxyl groups excluding tert-OH is 3. The third-order valence-electron chi connectivity index (χ3n) is 11.0. The molecule has 24 nitrogen and oxygen atoms in total. The van der Waals surface area contributed by atoms with Crippen molar-refractivity contribution < 1.29 is 63.3 Å². The van der Waals surface area contributed by atoms with Gasteiger partial charge in [-0.15, -0.1) is 0 Å². The lowest BCUT2D eigenvalue weighted by Crippen LogP contribution is -2.63. The number of aromatic amines is 1. The molecule has 2 aromatic carbocycles. The van der Waals surface area contributed by atoms with Crippen LogP contribution in [0.2, 0.25) is 0 Å². The number of rotatable bonds is 25. The Labute approximate surface area is 389 Å². The zero-order valence-corrected chi connectivity index (χ0v) is 37.6. The highest BCUT2D eigenvalue weighted by molar-refractivity contribution is 5.99. The molecule has 0 unspecified atom stereocenters. The van der Waals surface area contributed by atoms with E-state index in [1.54, 1.807) is 74.6 Å². The highest BCUT2D eigenvalue weighted by atomic mass is 16.3. The summed E-state index contributed by atoms with van der Waals surface area (Å²) in [6.45, 7) is 2.23. The van der Waals surface area contributed by atoms with Crippen LogP contribution >= 0.6 is 0 Å². The fraction of sp³-hybridized carbons (Fsp3) is 0.455. The third kappa shape index (κ3) is 15.0. The summed E-state index contributed by atoms with van der Waals surface area (Å²) in [4.78, 5) is 134. The second kappa shape index (κ2) is 24.9. The molecule has 0 radical (unpaired) electrons. The van der Waals surface area contributed by atoms with Gasteiger partial charge < -0.3 is 74.3 Å². The van der Waals surface area contributed by atoms with Crippen molar-refractivity contribution in [1.82, 2.24) is 47.5 Å². The second-order valence-electron chi connectivity index (χ2n) is 16.6. The number of hydrogen-bond acceptors (Lipinski definition) is 13. The normalized spacial score (nSPS) is 16.9. The Balaban J connectivity index is 1.45. The molecule has 2 heterocycles. The van der Waals surface area contributed by atoms with Crippen LogP contribution < -0.4 is 54.0 Å². The van der Waals surface area contributed by atoms with E-state index in [-0.39, 0.29) is 31.6 Å². The zero-order valence-electron chi connectivity index (χ0n) is 37.6. The molecule has 0 saturated carbocycles. The number of nitrogens with one attached hydrogen (secondary N) is 9. The molecule has 9 atom stereocenters. The summed E-state index contributed by atoms with van der Waals surface area (Å²) < 4.78 is 0. The summed E-state index contributed by atoms with van der Waals surface area (Å²) in [6, 6.07) is 3.24. The van der Waals surface area contributed by atoms with Crippen LogP contribution in [0.4, 0.5) is 0 Å². The van der Waals surface area contributed by atoms with Gasteiger partial charge in [-0.05, 0) is 36.5 Å². The average molecular weight is 950 g/mol. The van der Waals surface area contributed by atoms with Crippen molar-refractivity contribution in [2.24, 2.45) is 17.4 Å². The van der Waals surface area contributed by atoms with E-state index in [4.69, 9.17) is 11.5 Å². The molecule has 1 fully saturated rings. The average Bonchev–Trinajstić information content (AvgIpc) is 3.92. The van der Waals surface area contributed by atoms with Gasteiger partial charge in [-0.3, -0.25) is 47.9 Å². The zero-order chi connectivity index (χ0) is 50.2. The van der Waals surface area contributed by atoms with E-state index in [1.165, 1.54) is 0 Å². The first kappa shape index (κ1) is 53.2. The van der Waals surface area contributed by atoms with Crippen LogP contribution in [0.1, 0.15) is 51.2 Å². The van der Waals surface area contributed by atoms with E-state index in [0.717, 1.165) is 17.8 Å². The summed E-state index contributed by atoms with van der Waals surface area (Å²) in [7, 11) is 0. The topological polar surface area (TPSA) is 395 Å².